The standard InChI is InChI=1S/C12H24/c1-5-10(3)11(4)12-7-6-9(2)8-12/h9-12H,5-8H2,1-4H3. The van der Waals surface area contributed by atoms with Gasteiger partial charge in [0.05, 0.1) is 0 Å². The molecule has 0 aliphatic heterocycles. The van der Waals surface area contributed by atoms with Gasteiger partial charge in [-0.25, -0.2) is 0 Å². The third-order valence-electron chi connectivity index (χ3n) is 4.02. The minimum atomic E-state index is 0.931. The lowest BCUT2D eigenvalue weighted by Crippen LogP contribution is -2.16. The molecule has 1 saturated carbocycles. The topological polar surface area (TPSA) is 0 Å². The molecule has 0 aromatic carbocycles. The van der Waals surface area contributed by atoms with Crippen LogP contribution in [0.3, 0.4) is 0 Å². The van der Waals surface area contributed by atoms with E-state index >= 15 is 0 Å². The Hall–Kier alpha value is 0. The van der Waals surface area contributed by atoms with Gasteiger partial charge in [0.15, 0.2) is 0 Å². The first-order valence-electron chi connectivity index (χ1n) is 5.65. The summed E-state index contributed by atoms with van der Waals surface area (Å²) in [6.45, 7) is 9.59. The summed E-state index contributed by atoms with van der Waals surface area (Å²) in [5.41, 5.74) is 0. The van der Waals surface area contributed by atoms with Crippen LogP contribution in [0.15, 0.2) is 0 Å². The molecule has 0 heterocycles. The molecule has 0 amide bonds. The first-order chi connectivity index (χ1) is 5.65. The van der Waals surface area contributed by atoms with Gasteiger partial charge < -0.3 is 0 Å². The first kappa shape index (κ1) is 10.1. The van der Waals surface area contributed by atoms with E-state index in [1.54, 1.807) is 0 Å². The van der Waals surface area contributed by atoms with Crippen LogP contribution in [0, 0.1) is 23.7 Å². The van der Waals surface area contributed by atoms with Crippen molar-refractivity contribution < 1.29 is 0 Å². The summed E-state index contributed by atoms with van der Waals surface area (Å²) in [5, 5.41) is 0. The zero-order valence-electron chi connectivity index (χ0n) is 9.14. The molecule has 4 unspecified atom stereocenters. The molecular weight excluding hydrogens is 144 g/mol. The van der Waals surface area contributed by atoms with Crippen molar-refractivity contribution >= 4 is 0 Å². The average Bonchev–Trinajstić information content (AvgIpc) is 2.49. The fraction of sp³-hybridized carbons (Fsp3) is 1.00. The number of rotatable bonds is 3. The van der Waals surface area contributed by atoms with Gasteiger partial charge in [0, 0.05) is 0 Å². The molecule has 0 saturated heterocycles. The summed E-state index contributed by atoms with van der Waals surface area (Å²) in [6, 6.07) is 0. The van der Waals surface area contributed by atoms with Crippen LogP contribution in [-0.4, -0.2) is 0 Å². The zero-order chi connectivity index (χ0) is 9.14. The second-order valence-corrected chi connectivity index (χ2v) is 4.92. The average molecular weight is 168 g/mol. The smallest absolute Gasteiger partial charge is 0.0383 e. The molecule has 1 aliphatic rings. The van der Waals surface area contributed by atoms with Crippen LogP contribution in [0.1, 0.15) is 53.4 Å². The highest BCUT2D eigenvalue weighted by Gasteiger charge is 2.28. The van der Waals surface area contributed by atoms with Crippen LogP contribution >= 0.6 is 0 Å². The maximum atomic E-state index is 2.46. The fourth-order valence-electron chi connectivity index (χ4n) is 2.57. The van der Waals surface area contributed by atoms with Gasteiger partial charge in [0.25, 0.3) is 0 Å². The van der Waals surface area contributed by atoms with E-state index in [0.29, 0.717) is 0 Å². The highest BCUT2D eigenvalue weighted by molar-refractivity contribution is 4.78. The molecule has 1 fully saturated rings. The van der Waals surface area contributed by atoms with Crippen molar-refractivity contribution in [3.8, 4) is 0 Å². The van der Waals surface area contributed by atoms with Gasteiger partial charge in [0.1, 0.15) is 0 Å². The lowest BCUT2D eigenvalue weighted by molar-refractivity contribution is 0.255. The summed E-state index contributed by atoms with van der Waals surface area (Å²) in [5.74, 6) is 3.93. The third kappa shape index (κ3) is 2.24. The van der Waals surface area contributed by atoms with E-state index in [1.165, 1.54) is 25.7 Å². The molecule has 1 rings (SSSR count). The van der Waals surface area contributed by atoms with Gasteiger partial charge in [-0.3, -0.25) is 0 Å². The van der Waals surface area contributed by atoms with Crippen molar-refractivity contribution in [2.45, 2.75) is 53.4 Å². The maximum absolute atomic E-state index is 2.46. The number of hydrogen-bond acceptors (Lipinski definition) is 0. The lowest BCUT2D eigenvalue weighted by Gasteiger charge is -2.24. The Labute approximate surface area is 77.7 Å². The predicted octanol–water partition coefficient (Wildman–Crippen LogP) is 4.10. The van der Waals surface area contributed by atoms with Crippen LogP contribution in [0.25, 0.3) is 0 Å². The van der Waals surface area contributed by atoms with Crippen molar-refractivity contribution in [1.29, 1.82) is 0 Å². The van der Waals surface area contributed by atoms with Crippen LogP contribution < -0.4 is 0 Å². The van der Waals surface area contributed by atoms with Crippen LogP contribution in [0.2, 0.25) is 0 Å². The zero-order valence-corrected chi connectivity index (χ0v) is 9.14. The van der Waals surface area contributed by atoms with Gasteiger partial charge >= 0.3 is 0 Å². The summed E-state index contributed by atoms with van der Waals surface area (Å²) in [7, 11) is 0. The van der Waals surface area contributed by atoms with Crippen LogP contribution in [0.4, 0.5) is 0 Å². The maximum Gasteiger partial charge on any atom is -0.0383 e. The normalized spacial score (nSPS) is 35.0. The second-order valence-electron chi connectivity index (χ2n) is 4.92. The van der Waals surface area contributed by atoms with Crippen molar-refractivity contribution in [2.24, 2.45) is 23.7 Å². The summed E-state index contributed by atoms with van der Waals surface area (Å²) >= 11 is 0. The molecule has 4 atom stereocenters. The minimum absolute atomic E-state index is 0.931. The SMILES string of the molecule is CCC(C)C(C)C1CCC(C)C1. The molecule has 0 heteroatoms. The molecule has 0 spiro atoms. The van der Waals surface area contributed by atoms with E-state index in [4.69, 9.17) is 0 Å². The largest absolute Gasteiger partial charge is 0.0651 e. The monoisotopic (exact) mass is 168 g/mol. The summed E-state index contributed by atoms with van der Waals surface area (Å²) in [6.07, 6.45) is 5.82. The van der Waals surface area contributed by atoms with E-state index < -0.39 is 0 Å². The van der Waals surface area contributed by atoms with E-state index in [0.717, 1.165) is 23.7 Å². The van der Waals surface area contributed by atoms with Gasteiger partial charge in [-0.2, -0.15) is 0 Å². The predicted molar refractivity (Wildman–Crippen MR) is 55.1 cm³/mol. The fourth-order valence-corrected chi connectivity index (χ4v) is 2.57. The first-order valence-corrected chi connectivity index (χ1v) is 5.65. The van der Waals surface area contributed by atoms with E-state index in [1.807, 2.05) is 0 Å². The molecule has 72 valence electrons. The molecular formula is C12H24. The Kier molecular flexibility index (Phi) is 3.61. The summed E-state index contributed by atoms with van der Waals surface area (Å²) < 4.78 is 0. The molecule has 12 heavy (non-hydrogen) atoms. The Morgan fingerprint density at radius 2 is 1.92 bits per heavy atom. The molecule has 0 bridgehead atoms. The van der Waals surface area contributed by atoms with Gasteiger partial charge in [-0.15, -0.1) is 0 Å². The van der Waals surface area contributed by atoms with E-state index in [9.17, 15) is 0 Å². The highest BCUT2D eigenvalue weighted by atomic mass is 14.3. The molecule has 0 aromatic rings. The van der Waals surface area contributed by atoms with E-state index in [2.05, 4.69) is 27.7 Å². The highest BCUT2D eigenvalue weighted by Crippen LogP contribution is 2.38. The van der Waals surface area contributed by atoms with E-state index in [-0.39, 0.29) is 0 Å². The van der Waals surface area contributed by atoms with Gasteiger partial charge in [-0.05, 0) is 36.5 Å². The number of hydrogen-bond donors (Lipinski definition) is 0. The Bertz CT molecular complexity index is 128. The van der Waals surface area contributed by atoms with Crippen LogP contribution in [-0.2, 0) is 0 Å². The van der Waals surface area contributed by atoms with Gasteiger partial charge in [-0.1, -0.05) is 40.5 Å². The van der Waals surface area contributed by atoms with Crippen molar-refractivity contribution in [3.05, 3.63) is 0 Å². The Morgan fingerprint density at radius 3 is 2.33 bits per heavy atom. The summed E-state index contributed by atoms with van der Waals surface area (Å²) in [4.78, 5) is 0. The molecule has 1 aliphatic carbocycles. The molecule has 0 nitrogen and oxygen atoms in total. The second kappa shape index (κ2) is 4.30. The quantitative estimate of drug-likeness (QED) is 0.595. The van der Waals surface area contributed by atoms with Crippen LogP contribution in [0.5, 0.6) is 0 Å². The van der Waals surface area contributed by atoms with Crippen molar-refractivity contribution in [1.82, 2.24) is 0 Å². The van der Waals surface area contributed by atoms with Crippen molar-refractivity contribution in [3.63, 3.8) is 0 Å². The van der Waals surface area contributed by atoms with Crippen molar-refractivity contribution in [2.75, 3.05) is 0 Å². The molecule has 0 radical (unpaired) electrons. The Morgan fingerprint density at radius 1 is 1.25 bits per heavy atom. The Balaban J connectivity index is 2.37. The molecule has 0 aromatic heterocycles. The van der Waals surface area contributed by atoms with Gasteiger partial charge in [0.2, 0.25) is 0 Å². The minimum Gasteiger partial charge on any atom is -0.0651 e. The lowest BCUT2D eigenvalue weighted by atomic mass is 9.81. The molecule has 0 N–H and O–H groups in total. The third-order valence-corrected chi connectivity index (χ3v) is 4.02.